The van der Waals surface area contributed by atoms with E-state index in [1.54, 1.807) is 12.4 Å². The maximum absolute atomic E-state index is 13.4. The number of hydrogen-bond donors (Lipinski definition) is 0. The molecule has 1 aromatic heterocycles. The summed E-state index contributed by atoms with van der Waals surface area (Å²) in [5, 5.41) is 0. The second-order valence-corrected chi connectivity index (χ2v) is 8.86. The number of Topliss-reactive ketones (excluding diaryl/α,β-unsaturated/α-hetero) is 1. The number of pyridine rings is 1. The number of anilines is 1. The lowest BCUT2D eigenvalue weighted by atomic mass is 9.69. The van der Waals surface area contributed by atoms with Crippen LogP contribution in [-0.4, -0.2) is 16.7 Å². The molecule has 144 valence electrons. The topological polar surface area (TPSA) is 50.3 Å². The molecule has 0 saturated carbocycles. The quantitative estimate of drug-likeness (QED) is 0.754. The highest BCUT2D eigenvalue weighted by atomic mass is 16.2. The highest BCUT2D eigenvalue weighted by Crippen LogP contribution is 2.48. The first-order valence-corrected chi connectivity index (χ1v) is 9.83. The number of amides is 1. The number of aromatic nitrogens is 1. The molecule has 1 amide bonds. The van der Waals surface area contributed by atoms with Crippen molar-refractivity contribution in [3.8, 4) is 0 Å². The van der Waals surface area contributed by atoms with Gasteiger partial charge in [-0.05, 0) is 60.6 Å². The van der Waals surface area contributed by atoms with Crippen LogP contribution in [-0.2, 0) is 9.59 Å². The van der Waals surface area contributed by atoms with Crippen molar-refractivity contribution in [3.63, 3.8) is 0 Å². The summed E-state index contributed by atoms with van der Waals surface area (Å²) >= 11 is 0. The van der Waals surface area contributed by atoms with Crippen molar-refractivity contribution in [2.45, 2.75) is 52.9 Å². The Bertz CT molecular complexity index is 989. The third-order valence-corrected chi connectivity index (χ3v) is 5.86. The monoisotopic (exact) mass is 374 g/mol. The summed E-state index contributed by atoms with van der Waals surface area (Å²) < 4.78 is 0. The molecule has 0 fully saturated rings. The molecule has 0 saturated heterocycles. The predicted octanol–water partition coefficient (Wildman–Crippen LogP) is 4.86. The molecule has 0 spiro atoms. The molecular formula is C24H26N2O2. The minimum Gasteiger partial charge on any atom is -0.294 e. The Morgan fingerprint density at radius 1 is 1.04 bits per heavy atom. The van der Waals surface area contributed by atoms with Gasteiger partial charge < -0.3 is 0 Å². The minimum absolute atomic E-state index is 0.0553. The van der Waals surface area contributed by atoms with E-state index in [9.17, 15) is 9.59 Å². The highest BCUT2D eigenvalue weighted by Gasteiger charge is 2.44. The van der Waals surface area contributed by atoms with Crippen LogP contribution in [0, 0.1) is 19.3 Å². The molecule has 28 heavy (non-hydrogen) atoms. The molecule has 0 radical (unpaired) electrons. The fourth-order valence-electron chi connectivity index (χ4n) is 4.54. The number of aryl methyl sites for hydroxylation is 2. The zero-order valence-electron chi connectivity index (χ0n) is 17.0. The van der Waals surface area contributed by atoms with E-state index in [4.69, 9.17) is 0 Å². The SMILES string of the molecule is Cc1ccc(C)c(N2C(=O)CC(c3ccncc3)C3=C2CC(C)(C)CC3=O)c1. The number of carbonyl (C=O) groups is 2. The van der Waals surface area contributed by atoms with Crippen LogP contribution >= 0.6 is 0 Å². The van der Waals surface area contributed by atoms with Gasteiger partial charge in [-0.1, -0.05) is 26.0 Å². The van der Waals surface area contributed by atoms with Crippen LogP contribution in [0.3, 0.4) is 0 Å². The van der Waals surface area contributed by atoms with E-state index in [2.05, 4.69) is 31.0 Å². The molecule has 4 heteroatoms. The summed E-state index contributed by atoms with van der Waals surface area (Å²) in [6, 6.07) is 9.99. The lowest BCUT2D eigenvalue weighted by Crippen LogP contribution is -2.44. The van der Waals surface area contributed by atoms with Gasteiger partial charge in [-0.2, -0.15) is 0 Å². The Hall–Kier alpha value is -2.75. The van der Waals surface area contributed by atoms with Gasteiger partial charge in [0.2, 0.25) is 5.91 Å². The summed E-state index contributed by atoms with van der Waals surface area (Å²) in [6.45, 7) is 8.27. The average molecular weight is 374 g/mol. The van der Waals surface area contributed by atoms with Crippen LogP contribution in [0.2, 0.25) is 0 Å². The van der Waals surface area contributed by atoms with E-state index in [0.29, 0.717) is 12.8 Å². The first-order valence-electron chi connectivity index (χ1n) is 9.83. The summed E-state index contributed by atoms with van der Waals surface area (Å²) in [4.78, 5) is 32.6. The molecule has 0 bridgehead atoms. The van der Waals surface area contributed by atoms with Gasteiger partial charge in [-0.3, -0.25) is 19.5 Å². The second-order valence-electron chi connectivity index (χ2n) is 8.86. The van der Waals surface area contributed by atoms with Gasteiger partial charge in [0.25, 0.3) is 0 Å². The molecule has 2 heterocycles. The summed E-state index contributed by atoms with van der Waals surface area (Å²) in [5.74, 6) is 0.0334. The first kappa shape index (κ1) is 18.6. The van der Waals surface area contributed by atoms with Gasteiger partial charge in [0, 0.05) is 42.4 Å². The number of allylic oxidation sites excluding steroid dienone is 2. The van der Waals surface area contributed by atoms with Gasteiger partial charge in [0.05, 0.1) is 5.69 Å². The maximum atomic E-state index is 13.4. The maximum Gasteiger partial charge on any atom is 0.232 e. The van der Waals surface area contributed by atoms with Crippen molar-refractivity contribution in [2.75, 3.05) is 4.90 Å². The Labute approximate surface area is 166 Å². The normalized spacial score (nSPS) is 21.7. The van der Waals surface area contributed by atoms with Crippen LogP contribution in [0.4, 0.5) is 5.69 Å². The zero-order chi connectivity index (χ0) is 20.1. The van der Waals surface area contributed by atoms with E-state index in [-0.39, 0.29) is 23.0 Å². The molecule has 1 aliphatic heterocycles. The third kappa shape index (κ3) is 3.17. The van der Waals surface area contributed by atoms with E-state index < -0.39 is 0 Å². The van der Waals surface area contributed by atoms with E-state index in [0.717, 1.165) is 40.1 Å². The Balaban J connectivity index is 1.93. The fourth-order valence-corrected chi connectivity index (χ4v) is 4.54. The van der Waals surface area contributed by atoms with Crippen LogP contribution in [0.5, 0.6) is 0 Å². The number of rotatable bonds is 2. The minimum atomic E-state index is -0.185. The third-order valence-electron chi connectivity index (χ3n) is 5.86. The van der Waals surface area contributed by atoms with Gasteiger partial charge in [0.1, 0.15) is 0 Å². The van der Waals surface area contributed by atoms with Crippen LogP contribution < -0.4 is 4.90 Å². The molecule has 1 atom stereocenters. The number of ketones is 1. The Kier molecular flexibility index (Phi) is 4.45. The number of hydrogen-bond acceptors (Lipinski definition) is 3. The van der Waals surface area contributed by atoms with Crippen molar-refractivity contribution in [2.24, 2.45) is 5.41 Å². The molecule has 4 rings (SSSR count). The van der Waals surface area contributed by atoms with Crippen molar-refractivity contribution in [1.29, 1.82) is 0 Å². The molecule has 4 nitrogen and oxygen atoms in total. The molecule has 0 N–H and O–H groups in total. The molecule has 1 aromatic carbocycles. The van der Waals surface area contributed by atoms with Crippen LogP contribution in [0.25, 0.3) is 0 Å². The van der Waals surface area contributed by atoms with Gasteiger partial charge >= 0.3 is 0 Å². The average Bonchev–Trinajstić information content (AvgIpc) is 2.63. The Morgan fingerprint density at radius 3 is 2.46 bits per heavy atom. The lowest BCUT2D eigenvalue weighted by Gasteiger charge is -2.43. The lowest BCUT2D eigenvalue weighted by molar-refractivity contribution is -0.121. The van der Waals surface area contributed by atoms with Gasteiger partial charge in [-0.25, -0.2) is 0 Å². The largest absolute Gasteiger partial charge is 0.294 e. The summed E-state index contributed by atoms with van der Waals surface area (Å²) in [6.07, 6.45) is 5.00. The smallest absolute Gasteiger partial charge is 0.232 e. The van der Waals surface area contributed by atoms with Gasteiger partial charge in [0.15, 0.2) is 5.78 Å². The van der Waals surface area contributed by atoms with E-state index >= 15 is 0 Å². The molecule has 1 aliphatic carbocycles. The standard InChI is InChI=1S/C24H26N2O2/c1-15-5-6-16(2)19(11-15)26-20-13-24(3,4)14-21(27)23(20)18(12-22(26)28)17-7-9-25-10-8-17/h5-11,18H,12-14H2,1-4H3. The summed E-state index contributed by atoms with van der Waals surface area (Å²) in [7, 11) is 0. The predicted molar refractivity (Wildman–Crippen MR) is 110 cm³/mol. The van der Waals surface area contributed by atoms with Crippen LogP contribution in [0.15, 0.2) is 54.0 Å². The van der Waals surface area contributed by atoms with Gasteiger partial charge in [-0.15, -0.1) is 0 Å². The highest BCUT2D eigenvalue weighted by molar-refractivity contribution is 6.08. The molecule has 2 aliphatic rings. The number of carbonyl (C=O) groups excluding carboxylic acids is 2. The van der Waals surface area contributed by atoms with E-state index in [1.165, 1.54) is 0 Å². The number of nitrogens with zero attached hydrogens (tertiary/aromatic N) is 2. The molecular weight excluding hydrogens is 348 g/mol. The molecule has 1 unspecified atom stereocenters. The van der Waals surface area contributed by atoms with Crippen molar-refractivity contribution in [3.05, 3.63) is 70.7 Å². The van der Waals surface area contributed by atoms with Crippen molar-refractivity contribution in [1.82, 2.24) is 4.98 Å². The first-order chi connectivity index (χ1) is 13.3. The zero-order valence-corrected chi connectivity index (χ0v) is 17.0. The Morgan fingerprint density at radius 2 is 1.75 bits per heavy atom. The number of benzene rings is 1. The van der Waals surface area contributed by atoms with Crippen LogP contribution in [0.1, 0.15) is 55.7 Å². The fraction of sp³-hybridized carbons (Fsp3) is 0.375. The van der Waals surface area contributed by atoms with Crippen molar-refractivity contribution < 1.29 is 9.59 Å². The summed E-state index contributed by atoms with van der Waals surface area (Å²) in [5.41, 5.74) is 5.57. The van der Waals surface area contributed by atoms with Crippen molar-refractivity contribution >= 4 is 17.4 Å². The van der Waals surface area contributed by atoms with E-state index in [1.807, 2.05) is 36.9 Å². The molecule has 2 aromatic rings. The second kappa shape index (κ2) is 6.69.